The van der Waals surface area contributed by atoms with E-state index >= 15 is 0 Å². The number of carbonyl (C=O) groups excluding carboxylic acids is 1. The summed E-state index contributed by atoms with van der Waals surface area (Å²) in [6.45, 7) is 2.45. The van der Waals surface area contributed by atoms with Gasteiger partial charge in [0.15, 0.2) is 6.29 Å². The predicted molar refractivity (Wildman–Crippen MR) is 79.6 cm³/mol. The minimum Gasteiger partial charge on any atom is -0.490 e. The SMILES string of the molecule is Cc1ccc(OCC2Cc3ccccc3S2)c(C=O)n1. The van der Waals surface area contributed by atoms with Crippen LogP contribution in [0.25, 0.3) is 0 Å². The van der Waals surface area contributed by atoms with E-state index in [0.717, 1.165) is 18.4 Å². The zero-order chi connectivity index (χ0) is 13.9. The number of benzene rings is 1. The molecular weight excluding hydrogens is 270 g/mol. The standard InChI is InChI=1S/C16H15NO2S/c1-11-6-7-15(14(9-18)17-11)19-10-13-8-12-4-2-3-5-16(12)20-13/h2-7,9,13H,8,10H2,1H3. The second-order valence-corrected chi connectivity index (χ2v) is 6.16. The molecule has 2 heterocycles. The fourth-order valence-electron chi connectivity index (χ4n) is 2.30. The topological polar surface area (TPSA) is 39.2 Å². The van der Waals surface area contributed by atoms with Gasteiger partial charge in [-0.1, -0.05) is 18.2 Å². The lowest BCUT2D eigenvalue weighted by atomic mass is 10.1. The van der Waals surface area contributed by atoms with E-state index < -0.39 is 0 Å². The van der Waals surface area contributed by atoms with Gasteiger partial charge in [0.05, 0.1) is 0 Å². The van der Waals surface area contributed by atoms with Crippen LogP contribution in [0.5, 0.6) is 5.75 Å². The van der Waals surface area contributed by atoms with Gasteiger partial charge in [0.2, 0.25) is 0 Å². The molecule has 0 radical (unpaired) electrons. The molecule has 0 bridgehead atoms. The van der Waals surface area contributed by atoms with Crippen molar-refractivity contribution < 1.29 is 9.53 Å². The molecule has 1 aromatic carbocycles. The molecule has 1 atom stereocenters. The third-order valence-corrected chi connectivity index (χ3v) is 4.56. The Kier molecular flexibility index (Phi) is 3.74. The van der Waals surface area contributed by atoms with Crippen molar-refractivity contribution in [2.75, 3.05) is 6.61 Å². The lowest BCUT2D eigenvalue weighted by Crippen LogP contribution is -2.14. The Morgan fingerprint density at radius 1 is 1.35 bits per heavy atom. The molecule has 2 aromatic rings. The molecule has 0 amide bonds. The molecule has 1 aromatic heterocycles. The van der Waals surface area contributed by atoms with Gasteiger partial charge in [0.25, 0.3) is 0 Å². The lowest BCUT2D eigenvalue weighted by molar-refractivity contribution is 0.111. The second kappa shape index (κ2) is 5.67. The highest BCUT2D eigenvalue weighted by Gasteiger charge is 2.22. The molecule has 0 saturated carbocycles. The number of rotatable bonds is 4. The Bertz CT molecular complexity index is 617. The Morgan fingerprint density at radius 3 is 3.00 bits per heavy atom. The average Bonchev–Trinajstić information content (AvgIpc) is 2.88. The third kappa shape index (κ3) is 2.70. The number of ether oxygens (including phenoxy) is 1. The van der Waals surface area contributed by atoms with Crippen molar-refractivity contribution >= 4 is 18.0 Å². The molecule has 3 nitrogen and oxygen atoms in total. The zero-order valence-electron chi connectivity index (χ0n) is 11.2. The first-order valence-corrected chi connectivity index (χ1v) is 7.44. The van der Waals surface area contributed by atoms with Crippen LogP contribution in [0.2, 0.25) is 0 Å². The maximum atomic E-state index is 11.0. The number of aldehydes is 1. The average molecular weight is 285 g/mol. The summed E-state index contributed by atoms with van der Waals surface area (Å²) in [5.41, 5.74) is 2.58. The summed E-state index contributed by atoms with van der Waals surface area (Å²) < 4.78 is 5.78. The van der Waals surface area contributed by atoms with E-state index in [0.29, 0.717) is 23.3 Å². The van der Waals surface area contributed by atoms with E-state index in [9.17, 15) is 4.79 Å². The first kappa shape index (κ1) is 13.2. The van der Waals surface area contributed by atoms with E-state index in [2.05, 4.69) is 29.2 Å². The van der Waals surface area contributed by atoms with Crippen LogP contribution in [-0.2, 0) is 6.42 Å². The largest absolute Gasteiger partial charge is 0.490 e. The highest BCUT2D eigenvalue weighted by atomic mass is 32.2. The smallest absolute Gasteiger partial charge is 0.172 e. The van der Waals surface area contributed by atoms with Crippen molar-refractivity contribution in [3.8, 4) is 5.75 Å². The number of carbonyl (C=O) groups is 1. The van der Waals surface area contributed by atoms with E-state index in [1.807, 2.05) is 30.8 Å². The summed E-state index contributed by atoms with van der Waals surface area (Å²) in [6, 6.07) is 12.1. The molecule has 1 aliphatic rings. The first-order chi connectivity index (χ1) is 9.76. The molecule has 4 heteroatoms. The number of pyridine rings is 1. The van der Waals surface area contributed by atoms with Gasteiger partial charge in [-0.05, 0) is 37.1 Å². The number of fused-ring (bicyclic) bond motifs is 1. The maximum Gasteiger partial charge on any atom is 0.172 e. The Labute approximate surface area is 122 Å². The zero-order valence-corrected chi connectivity index (χ0v) is 12.0. The normalized spacial score (nSPS) is 16.8. The predicted octanol–water partition coefficient (Wildman–Crippen LogP) is 3.30. The summed E-state index contributed by atoms with van der Waals surface area (Å²) in [5, 5.41) is 0.396. The first-order valence-electron chi connectivity index (χ1n) is 6.56. The van der Waals surface area contributed by atoms with Crippen LogP contribution in [0.4, 0.5) is 0 Å². The maximum absolute atomic E-state index is 11.0. The van der Waals surface area contributed by atoms with Crippen LogP contribution in [0.3, 0.4) is 0 Å². The van der Waals surface area contributed by atoms with Crippen LogP contribution in [-0.4, -0.2) is 23.1 Å². The van der Waals surface area contributed by atoms with Gasteiger partial charge in [0.1, 0.15) is 18.1 Å². The molecule has 0 saturated heterocycles. The molecule has 1 unspecified atom stereocenters. The Hall–Kier alpha value is -1.81. The van der Waals surface area contributed by atoms with Gasteiger partial charge in [0, 0.05) is 15.8 Å². The van der Waals surface area contributed by atoms with Crippen molar-refractivity contribution in [1.29, 1.82) is 0 Å². The summed E-state index contributed by atoms with van der Waals surface area (Å²) in [7, 11) is 0. The van der Waals surface area contributed by atoms with E-state index in [1.165, 1.54) is 10.5 Å². The van der Waals surface area contributed by atoms with Crippen molar-refractivity contribution in [3.05, 3.63) is 53.3 Å². The van der Waals surface area contributed by atoms with Crippen LogP contribution in [0.15, 0.2) is 41.3 Å². The lowest BCUT2D eigenvalue weighted by Gasteiger charge is -2.12. The molecule has 20 heavy (non-hydrogen) atoms. The molecule has 0 spiro atoms. The summed E-state index contributed by atoms with van der Waals surface area (Å²) in [4.78, 5) is 16.5. The van der Waals surface area contributed by atoms with Crippen LogP contribution in [0.1, 0.15) is 21.7 Å². The van der Waals surface area contributed by atoms with Crippen LogP contribution >= 0.6 is 11.8 Å². The Morgan fingerprint density at radius 2 is 2.20 bits per heavy atom. The van der Waals surface area contributed by atoms with Crippen molar-refractivity contribution in [3.63, 3.8) is 0 Å². The number of thioether (sulfide) groups is 1. The van der Waals surface area contributed by atoms with Gasteiger partial charge in [-0.3, -0.25) is 4.79 Å². The third-order valence-electron chi connectivity index (χ3n) is 3.28. The minimum absolute atomic E-state index is 0.380. The summed E-state index contributed by atoms with van der Waals surface area (Å²) in [6.07, 6.45) is 1.76. The second-order valence-electron chi connectivity index (χ2n) is 4.82. The summed E-state index contributed by atoms with van der Waals surface area (Å²) in [5.74, 6) is 0.571. The fourth-order valence-corrected chi connectivity index (χ4v) is 3.52. The van der Waals surface area contributed by atoms with Gasteiger partial charge in [-0.25, -0.2) is 4.98 Å². The van der Waals surface area contributed by atoms with Gasteiger partial charge in [-0.2, -0.15) is 0 Å². The van der Waals surface area contributed by atoms with E-state index in [-0.39, 0.29) is 0 Å². The highest BCUT2D eigenvalue weighted by molar-refractivity contribution is 8.00. The number of nitrogens with zero attached hydrogens (tertiary/aromatic N) is 1. The molecular formula is C16H15NO2S. The van der Waals surface area contributed by atoms with Gasteiger partial charge in [-0.15, -0.1) is 11.8 Å². The number of aromatic nitrogens is 1. The van der Waals surface area contributed by atoms with Crippen molar-refractivity contribution in [2.45, 2.75) is 23.5 Å². The van der Waals surface area contributed by atoms with Gasteiger partial charge >= 0.3 is 0 Å². The summed E-state index contributed by atoms with van der Waals surface area (Å²) >= 11 is 1.84. The molecule has 1 aliphatic heterocycles. The highest BCUT2D eigenvalue weighted by Crippen LogP contribution is 2.36. The molecule has 0 fully saturated rings. The van der Waals surface area contributed by atoms with E-state index in [4.69, 9.17) is 4.74 Å². The monoisotopic (exact) mass is 285 g/mol. The fraction of sp³-hybridized carbons (Fsp3) is 0.250. The molecule has 3 rings (SSSR count). The molecule has 102 valence electrons. The van der Waals surface area contributed by atoms with E-state index in [1.54, 1.807) is 0 Å². The number of aryl methyl sites for hydroxylation is 1. The van der Waals surface area contributed by atoms with Crippen LogP contribution in [0, 0.1) is 6.92 Å². The molecule has 0 N–H and O–H groups in total. The molecule has 0 aliphatic carbocycles. The van der Waals surface area contributed by atoms with Gasteiger partial charge < -0.3 is 4.74 Å². The quantitative estimate of drug-likeness (QED) is 0.808. The number of hydrogen-bond acceptors (Lipinski definition) is 4. The minimum atomic E-state index is 0.380. The van der Waals surface area contributed by atoms with Crippen molar-refractivity contribution in [1.82, 2.24) is 4.98 Å². The number of hydrogen-bond donors (Lipinski definition) is 0. The van der Waals surface area contributed by atoms with Crippen molar-refractivity contribution in [2.24, 2.45) is 0 Å². The Balaban J connectivity index is 1.66. The van der Waals surface area contributed by atoms with Crippen LogP contribution < -0.4 is 4.74 Å².